The summed E-state index contributed by atoms with van der Waals surface area (Å²) in [7, 11) is 0. The number of hydrogen-bond acceptors (Lipinski definition) is 4. The van der Waals surface area contributed by atoms with Crippen LogP contribution in [0.15, 0.2) is 6.20 Å². The Kier molecular flexibility index (Phi) is 1.80. The van der Waals surface area contributed by atoms with Crippen molar-refractivity contribution in [1.29, 1.82) is 0 Å². The lowest BCUT2D eigenvalue weighted by Crippen LogP contribution is -2.36. The van der Waals surface area contributed by atoms with Gasteiger partial charge in [0.2, 0.25) is 0 Å². The topological polar surface area (TPSA) is 62.2 Å². The van der Waals surface area contributed by atoms with Gasteiger partial charge in [-0.2, -0.15) is 0 Å². The van der Waals surface area contributed by atoms with Gasteiger partial charge in [-0.3, -0.25) is 0 Å². The summed E-state index contributed by atoms with van der Waals surface area (Å²) in [6.45, 7) is 0. The first-order valence-corrected chi connectivity index (χ1v) is 5.94. The predicted molar refractivity (Wildman–Crippen MR) is 57.4 cm³/mol. The third-order valence-corrected chi connectivity index (χ3v) is 4.28. The van der Waals surface area contributed by atoms with Gasteiger partial charge < -0.3 is 10.4 Å². The summed E-state index contributed by atoms with van der Waals surface area (Å²) in [5, 5.41) is 12.8. The predicted octanol–water partition coefficient (Wildman–Crippen LogP) is 2.20. The SMILES string of the molecule is O=C(O)c1cnc(NC2CC3(CC3)C2)s1. The van der Waals surface area contributed by atoms with Crippen LogP contribution in [-0.4, -0.2) is 22.1 Å². The van der Waals surface area contributed by atoms with Crippen molar-refractivity contribution in [2.45, 2.75) is 31.7 Å². The van der Waals surface area contributed by atoms with Gasteiger partial charge in [-0.1, -0.05) is 11.3 Å². The highest BCUT2D eigenvalue weighted by atomic mass is 32.1. The Balaban J connectivity index is 1.60. The molecule has 2 aliphatic carbocycles. The van der Waals surface area contributed by atoms with Gasteiger partial charge in [-0.05, 0) is 31.1 Å². The highest BCUT2D eigenvalue weighted by Crippen LogP contribution is 2.61. The Morgan fingerprint density at radius 3 is 2.87 bits per heavy atom. The standard InChI is InChI=1S/C10H12N2O2S/c13-8(14)7-5-11-9(15-7)12-6-3-10(4-6)1-2-10/h5-6H,1-4H2,(H,11,12)(H,13,14). The summed E-state index contributed by atoms with van der Waals surface area (Å²) in [5.41, 5.74) is 0.671. The van der Waals surface area contributed by atoms with E-state index in [9.17, 15) is 4.79 Å². The van der Waals surface area contributed by atoms with Gasteiger partial charge in [0.1, 0.15) is 4.88 Å². The third kappa shape index (κ3) is 1.61. The molecule has 1 heterocycles. The molecule has 0 atom stereocenters. The molecule has 2 aliphatic rings. The molecule has 1 aromatic rings. The van der Waals surface area contributed by atoms with Crippen molar-refractivity contribution in [3.63, 3.8) is 0 Å². The van der Waals surface area contributed by atoms with E-state index < -0.39 is 5.97 Å². The highest BCUT2D eigenvalue weighted by Gasteiger charge is 2.52. The molecular weight excluding hydrogens is 212 g/mol. The van der Waals surface area contributed by atoms with Crippen LogP contribution in [0.2, 0.25) is 0 Å². The van der Waals surface area contributed by atoms with Crippen LogP contribution in [-0.2, 0) is 0 Å². The maximum atomic E-state index is 10.6. The lowest BCUT2D eigenvalue weighted by molar-refractivity contribution is 0.0702. The molecule has 4 nitrogen and oxygen atoms in total. The first-order valence-electron chi connectivity index (χ1n) is 5.13. The van der Waals surface area contributed by atoms with Crippen molar-refractivity contribution in [2.24, 2.45) is 5.41 Å². The van der Waals surface area contributed by atoms with Crippen LogP contribution in [0.5, 0.6) is 0 Å². The highest BCUT2D eigenvalue weighted by molar-refractivity contribution is 7.17. The van der Waals surface area contributed by atoms with E-state index in [1.54, 1.807) is 0 Å². The zero-order valence-electron chi connectivity index (χ0n) is 8.19. The second kappa shape index (κ2) is 2.95. The minimum Gasteiger partial charge on any atom is -0.477 e. The Labute approximate surface area is 91.3 Å². The quantitative estimate of drug-likeness (QED) is 0.826. The van der Waals surface area contributed by atoms with Crippen LogP contribution in [0.1, 0.15) is 35.4 Å². The molecule has 0 amide bonds. The smallest absolute Gasteiger partial charge is 0.347 e. The van der Waals surface area contributed by atoms with Crippen molar-refractivity contribution in [3.05, 3.63) is 11.1 Å². The van der Waals surface area contributed by atoms with E-state index in [0.717, 1.165) is 5.13 Å². The van der Waals surface area contributed by atoms with Crippen LogP contribution >= 0.6 is 11.3 Å². The summed E-state index contributed by atoms with van der Waals surface area (Å²) in [6.07, 6.45) is 6.64. The van der Waals surface area contributed by atoms with Crippen LogP contribution in [0, 0.1) is 5.41 Å². The molecule has 3 rings (SSSR count). The van der Waals surface area contributed by atoms with Crippen LogP contribution < -0.4 is 5.32 Å². The van der Waals surface area contributed by atoms with Crippen molar-refractivity contribution in [1.82, 2.24) is 4.98 Å². The number of nitrogens with one attached hydrogen (secondary N) is 1. The van der Waals surface area contributed by atoms with Gasteiger partial charge in [-0.25, -0.2) is 9.78 Å². The number of anilines is 1. The molecule has 0 aromatic carbocycles. The molecule has 0 bridgehead atoms. The fraction of sp³-hybridized carbons (Fsp3) is 0.600. The van der Waals surface area contributed by atoms with Crippen LogP contribution in [0.25, 0.3) is 0 Å². The van der Waals surface area contributed by atoms with E-state index >= 15 is 0 Å². The first kappa shape index (κ1) is 9.15. The number of carbonyl (C=O) groups is 1. The fourth-order valence-electron chi connectivity index (χ4n) is 2.29. The summed E-state index contributed by atoms with van der Waals surface area (Å²) < 4.78 is 0. The maximum Gasteiger partial charge on any atom is 0.347 e. The Morgan fingerprint density at radius 1 is 1.60 bits per heavy atom. The Hall–Kier alpha value is -1.10. The maximum absolute atomic E-state index is 10.6. The van der Waals surface area contributed by atoms with Crippen molar-refractivity contribution in [2.75, 3.05) is 5.32 Å². The van der Waals surface area contributed by atoms with E-state index in [1.807, 2.05) is 0 Å². The molecular formula is C10H12N2O2S. The fourth-order valence-corrected chi connectivity index (χ4v) is 3.02. The van der Waals surface area contributed by atoms with Gasteiger partial charge in [0.25, 0.3) is 0 Å². The van der Waals surface area contributed by atoms with Gasteiger partial charge >= 0.3 is 5.97 Å². The monoisotopic (exact) mass is 224 g/mol. The number of thiazole rings is 1. The number of carboxylic acids is 1. The lowest BCUT2D eigenvalue weighted by Gasteiger charge is -2.36. The Morgan fingerprint density at radius 2 is 2.33 bits per heavy atom. The molecule has 15 heavy (non-hydrogen) atoms. The number of rotatable bonds is 3. The number of carboxylic acid groups (broad SMARTS) is 1. The van der Waals surface area contributed by atoms with Crippen molar-refractivity contribution in [3.8, 4) is 0 Å². The zero-order chi connectivity index (χ0) is 10.5. The largest absolute Gasteiger partial charge is 0.477 e. The molecule has 1 aromatic heterocycles. The second-order valence-electron chi connectivity index (χ2n) is 4.58. The normalized spacial score (nSPS) is 22.4. The molecule has 0 aliphatic heterocycles. The molecule has 2 saturated carbocycles. The van der Waals surface area contributed by atoms with Gasteiger partial charge in [0.05, 0.1) is 6.20 Å². The molecule has 80 valence electrons. The van der Waals surface area contributed by atoms with Crippen molar-refractivity contribution < 1.29 is 9.90 Å². The van der Waals surface area contributed by atoms with E-state index in [4.69, 9.17) is 5.11 Å². The van der Waals surface area contributed by atoms with Crippen LogP contribution in [0.3, 0.4) is 0 Å². The average molecular weight is 224 g/mol. The van der Waals surface area contributed by atoms with E-state index in [0.29, 0.717) is 16.3 Å². The summed E-state index contributed by atoms with van der Waals surface area (Å²) in [5.74, 6) is -0.896. The van der Waals surface area contributed by atoms with Crippen molar-refractivity contribution >= 4 is 22.4 Å². The van der Waals surface area contributed by atoms with E-state index in [1.165, 1.54) is 43.2 Å². The zero-order valence-corrected chi connectivity index (χ0v) is 9.01. The average Bonchev–Trinajstić information content (AvgIpc) is 2.76. The molecule has 0 unspecified atom stereocenters. The number of nitrogens with zero attached hydrogens (tertiary/aromatic N) is 1. The summed E-state index contributed by atoms with van der Waals surface area (Å²) in [6, 6.07) is 0.514. The molecule has 0 saturated heterocycles. The van der Waals surface area contributed by atoms with Crippen LogP contribution in [0.4, 0.5) is 5.13 Å². The number of aromatic carboxylic acids is 1. The Bertz CT molecular complexity index is 403. The number of aromatic nitrogens is 1. The number of hydrogen-bond donors (Lipinski definition) is 2. The lowest BCUT2D eigenvalue weighted by atomic mass is 9.77. The van der Waals surface area contributed by atoms with Gasteiger partial charge in [0.15, 0.2) is 5.13 Å². The first-order chi connectivity index (χ1) is 7.17. The molecule has 0 radical (unpaired) electrons. The summed E-state index contributed by atoms with van der Waals surface area (Å²) in [4.78, 5) is 15.0. The summed E-state index contributed by atoms with van der Waals surface area (Å²) >= 11 is 1.22. The molecule has 1 spiro atoms. The van der Waals surface area contributed by atoms with E-state index in [2.05, 4.69) is 10.3 Å². The second-order valence-corrected chi connectivity index (χ2v) is 5.61. The van der Waals surface area contributed by atoms with E-state index in [-0.39, 0.29) is 0 Å². The minimum absolute atomic E-state index is 0.304. The third-order valence-electron chi connectivity index (χ3n) is 3.36. The minimum atomic E-state index is -0.896. The molecule has 2 N–H and O–H groups in total. The van der Waals surface area contributed by atoms with Gasteiger partial charge in [-0.15, -0.1) is 0 Å². The molecule has 2 fully saturated rings. The molecule has 5 heteroatoms. The van der Waals surface area contributed by atoms with Gasteiger partial charge in [0, 0.05) is 6.04 Å².